The van der Waals surface area contributed by atoms with Crippen LogP contribution in [0.2, 0.25) is 0 Å². The van der Waals surface area contributed by atoms with Gasteiger partial charge in [-0.05, 0) is 66.6 Å². The smallest absolute Gasteiger partial charge is 0.222 e. The van der Waals surface area contributed by atoms with Crippen molar-refractivity contribution in [2.24, 2.45) is 0 Å². The molecule has 5 nitrogen and oxygen atoms in total. The van der Waals surface area contributed by atoms with Crippen molar-refractivity contribution in [1.29, 1.82) is 0 Å². The van der Waals surface area contributed by atoms with Crippen molar-refractivity contribution in [1.82, 2.24) is 15.5 Å². The van der Waals surface area contributed by atoms with Gasteiger partial charge in [-0.2, -0.15) is 0 Å². The Kier molecular flexibility index (Phi) is 8.45. The van der Waals surface area contributed by atoms with Gasteiger partial charge in [0.1, 0.15) is 5.75 Å². The molecule has 1 rings (SSSR count). The van der Waals surface area contributed by atoms with Crippen LogP contribution in [0.15, 0.2) is 16.6 Å². The fourth-order valence-electron chi connectivity index (χ4n) is 2.01. The summed E-state index contributed by atoms with van der Waals surface area (Å²) in [5, 5.41) is 6.10. The van der Waals surface area contributed by atoms with Crippen molar-refractivity contribution in [2.45, 2.75) is 19.8 Å². The summed E-state index contributed by atoms with van der Waals surface area (Å²) in [5.41, 5.74) is 2.47. The van der Waals surface area contributed by atoms with E-state index >= 15 is 0 Å². The molecule has 0 aromatic heterocycles. The van der Waals surface area contributed by atoms with E-state index in [1.165, 1.54) is 11.1 Å². The molecule has 2 N–H and O–H groups in total. The molecule has 0 fully saturated rings. The van der Waals surface area contributed by atoms with E-state index in [4.69, 9.17) is 4.74 Å². The van der Waals surface area contributed by atoms with Crippen LogP contribution in [0.5, 0.6) is 5.75 Å². The number of carbonyl (C=O) groups excluding carboxylic acids is 1. The molecule has 0 heterocycles. The SMILES string of the molecule is COc1cc(CCNCNC(=O)CCN(C)C)c(C)cc1Br. The van der Waals surface area contributed by atoms with E-state index in [0.29, 0.717) is 13.1 Å². The molecule has 6 heteroatoms. The average Bonchev–Trinajstić information content (AvgIpc) is 2.46. The third-order valence-corrected chi connectivity index (χ3v) is 4.00. The van der Waals surface area contributed by atoms with Crippen LogP contribution in [0.4, 0.5) is 0 Å². The molecule has 0 radical (unpaired) electrons. The predicted molar refractivity (Wildman–Crippen MR) is 93.3 cm³/mol. The van der Waals surface area contributed by atoms with Gasteiger partial charge in [0.05, 0.1) is 18.3 Å². The highest BCUT2D eigenvalue weighted by Gasteiger charge is 2.06. The van der Waals surface area contributed by atoms with Crippen molar-refractivity contribution in [2.75, 3.05) is 41.0 Å². The summed E-state index contributed by atoms with van der Waals surface area (Å²) in [6.07, 6.45) is 1.42. The second-order valence-electron chi connectivity index (χ2n) is 5.49. The van der Waals surface area contributed by atoms with Gasteiger partial charge in [-0.1, -0.05) is 0 Å². The molecule has 1 aromatic carbocycles. The number of halogens is 1. The van der Waals surface area contributed by atoms with Gasteiger partial charge in [-0.3, -0.25) is 10.1 Å². The van der Waals surface area contributed by atoms with Crippen LogP contribution in [-0.2, 0) is 11.2 Å². The van der Waals surface area contributed by atoms with Gasteiger partial charge in [0.25, 0.3) is 0 Å². The molecule has 0 unspecified atom stereocenters. The maximum Gasteiger partial charge on any atom is 0.222 e. The van der Waals surface area contributed by atoms with Crippen molar-refractivity contribution in [3.8, 4) is 5.75 Å². The molecule has 0 spiro atoms. The van der Waals surface area contributed by atoms with E-state index in [0.717, 1.165) is 29.7 Å². The van der Waals surface area contributed by atoms with E-state index in [9.17, 15) is 4.79 Å². The maximum absolute atomic E-state index is 11.6. The fraction of sp³-hybridized carbons (Fsp3) is 0.562. The van der Waals surface area contributed by atoms with Crippen LogP contribution >= 0.6 is 15.9 Å². The van der Waals surface area contributed by atoms with E-state index in [2.05, 4.69) is 45.6 Å². The summed E-state index contributed by atoms with van der Waals surface area (Å²) in [5.74, 6) is 0.917. The maximum atomic E-state index is 11.6. The van der Waals surface area contributed by atoms with Crippen LogP contribution in [0.1, 0.15) is 17.5 Å². The number of hydrogen-bond donors (Lipinski definition) is 2. The first-order valence-electron chi connectivity index (χ1n) is 7.39. The lowest BCUT2D eigenvalue weighted by Gasteiger charge is -2.12. The zero-order valence-electron chi connectivity index (χ0n) is 13.8. The Morgan fingerprint density at radius 3 is 2.73 bits per heavy atom. The summed E-state index contributed by atoms with van der Waals surface area (Å²) < 4.78 is 6.29. The first-order chi connectivity index (χ1) is 10.4. The van der Waals surface area contributed by atoms with Crippen molar-refractivity contribution in [3.05, 3.63) is 27.7 Å². The predicted octanol–water partition coefficient (Wildman–Crippen LogP) is 1.92. The highest BCUT2D eigenvalue weighted by molar-refractivity contribution is 9.10. The molecule has 1 amide bonds. The van der Waals surface area contributed by atoms with Gasteiger partial charge in [0.15, 0.2) is 0 Å². The lowest BCUT2D eigenvalue weighted by atomic mass is 10.1. The van der Waals surface area contributed by atoms with E-state index in [1.54, 1.807) is 7.11 Å². The number of benzene rings is 1. The quantitative estimate of drug-likeness (QED) is 0.514. The highest BCUT2D eigenvalue weighted by Crippen LogP contribution is 2.28. The number of methoxy groups -OCH3 is 1. The Morgan fingerprint density at radius 1 is 1.36 bits per heavy atom. The zero-order chi connectivity index (χ0) is 16.5. The average molecular weight is 372 g/mol. The van der Waals surface area contributed by atoms with Crippen molar-refractivity contribution >= 4 is 21.8 Å². The number of ether oxygens (including phenoxy) is 1. The minimum atomic E-state index is 0.0719. The topological polar surface area (TPSA) is 53.6 Å². The van der Waals surface area contributed by atoms with Gasteiger partial charge < -0.3 is 15.0 Å². The van der Waals surface area contributed by atoms with Gasteiger partial charge in [0.2, 0.25) is 5.91 Å². The van der Waals surface area contributed by atoms with Gasteiger partial charge in [-0.25, -0.2) is 0 Å². The minimum absolute atomic E-state index is 0.0719. The number of amides is 1. The summed E-state index contributed by atoms with van der Waals surface area (Å²) in [6.45, 7) is 4.16. The molecule has 1 aromatic rings. The Hall–Kier alpha value is -1.11. The Balaban J connectivity index is 2.29. The molecule has 0 saturated heterocycles. The zero-order valence-corrected chi connectivity index (χ0v) is 15.4. The molecule has 22 heavy (non-hydrogen) atoms. The molecule has 0 aliphatic heterocycles. The third-order valence-electron chi connectivity index (χ3n) is 3.38. The number of aryl methyl sites for hydroxylation is 1. The third kappa shape index (κ3) is 6.77. The second kappa shape index (κ2) is 9.82. The van der Waals surface area contributed by atoms with Crippen LogP contribution in [0.3, 0.4) is 0 Å². The number of nitrogens with one attached hydrogen (secondary N) is 2. The molecule has 0 atom stereocenters. The molecule has 124 valence electrons. The minimum Gasteiger partial charge on any atom is -0.496 e. The normalized spacial score (nSPS) is 10.8. The Bertz CT molecular complexity index is 493. The van der Waals surface area contributed by atoms with E-state index in [1.807, 2.05) is 19.0 Å². The second-order valence-corrected chi connectivity index (χ2v) is 6.35. The molecular weight excluding hydrogens is 346 g/mol. The molecular formula is C16H26BrN3O2. The Labute approximate surface area is 141 Å². The van der Waals surface area contributed by atoms with Gasteiger partial charge >= 0.3 is 0 Å². The largest absolute Gasteiger partial charge is 0.496 e. The molecule has 0 bridgehead atoms. The standard InChI is InChI=1S/C16H26BrN3O2/c1-12-9-14(17)15(22-4)10-13(12)5-7-18-11-19-16(21)6-8-20(2)3/h9-10,18H,5-8,11H2,1-4H3,(H,19,21). The summed E-state index contributed by atoms with van der Waals surface area (Å²) >= 11 is 3.48. The van der Waals surface area contributed by atoms with Crippen LogP contribution in [-0.4, -0.2) is 51.8 Å². The number of hydrogen-bond acceptors (Lipinski definition) is 4. The van der Waals surface area contributed by atoms with Crippen LogP contribution < -0.4 is 15.4 Å². The van der Waals surface area contributed by atoms with Gasteiger partial charge in [-0.15, -0.1) is 0 Å². The number of nitrogens with zero attached hydrogens (tertiary/aromatic N) is 1. The Morgan fingerprint density at radius 2 is 2.09 bits per heavy atom. The summed E-state index contributed by atoms with van der Waals surface area (Å²) in [6, 6.07) is 4.12. The lowest BCUT2D eigenvalue weighted by Crippen LogP contribution is -2.36. The van der Waals surface area contributed by atoms with Crippen molar-refractivity contribution < 1.29 is 9.53 Å². The van der Waals surface area contributed by atoms with Crippen LogP contribution in [0.25, 0.3) is 0 Å². The van der Waals surface area contributed by atoms with E-state index < -0.39 is 0 Å². The summed E-state index contributed by atoms with van der Waals surface area (Å²) in [4.78, 5) is 13.6. The monoisotopic (exact) mass is 371 g/mol. The number of carbonyl (C=O) groups is 1. The first kappa shape index (κ1) is 18.9. The molecule has 0 saturated carbocycles. The van der Waals surface area contributed by atoms with E-state index in [-0.39, 0.29) is 5.91 Å². The summed E-state index contributed by atoms with van der Waals surface area (Å²) in [7, 11) is 5.58. The van der Waals surface area contributed by atoms with Gasteiger partial charge in [0, 0.05) is 19.5 Å². The highest BCUT2D eigenvalue weighted by atomic mass is 79.9. The van der Waals surface area contributed by atoms with Crippen LogP contribution in [0, 0.1) is 6.92 Å². The lowest BCUT2D eigenvalue weighted by molar-refractivity contribution is -0.121. The number of rotatable bonds is 9. The first-order valence-corrected chi connectivity index (χ1v) is 8.18. The fourth-order valence-corrected chi connectivity index (χ4v) is 2.63. The van der Waals surface area contributed by atoms with Crippen molar-refractivity contribution in [3.63, 3.8) is 0 Å². The molecule has 0 aliphatic rings. The molecule has 0 aliphatic carbocycles.